The van der Waals surface area contributed by atoms with E-state index in [0.717, 1.165) is 29.1 Å². The number of carbonyl (C=O) groups is 1. The summed E-state index contributed by atoms with van der Waals surface area (Å²) < 4.78 is 53.0. The highest BCUT2D eigenvalue weighted by molar-refractivity contribution is 5.94. The molecule has 2 aliphatic rings. The number of piperidine rings is 1. The first kappa shape index (κ1) is 32.2. The maximum Gasteiger partial charge on any atom is 0.418 e. The molecule has 9 heteroatoms. The Labute approximate surface area is 244 Å². The van der Waals surface area contributed by atoms with Gasteiger partial charge in [-0.3, -0.25) is 9.78 Å². The number of likely N-dealkylation sites (tertiary alicyclic amines) is 1. The van der Waals surface area contributed by atoms with Crippen LogP contribution in [0.3, 0.4) is 0 Å². The summed E-state index contributed by atoms with van der Waals surface area (Å²) in [6.45, 7) is 12.6. The van der Waals surface area contributed by atoms with E-state index >= 15 is 0 Å². The fourth-order valence-corrected chi connectivity index (χ4v) is 4.57. The van der Waals surface area contributed by atoms with Gasteiger partial charge in [0.25, 0.3) is 5.91 Å². The fraction of sp³-hybridized carbons (Fsp3) is 0.303. The lowest BCUT2D eigenvalue weighted by Crippen LogP contribution is -2.32. The van der Waals surface area contributed by atoms with Crippen LogP contribution >= 0.6 is 0 Å². The summed E-state index contributed by atoms with van der Waals surface area (Å²) in [5, 5.41) is 5.41. The number of rotatable bonds is 3. The van der Waals surface area contributed by atoms with Gasteiger partial charge in [0.2, 0.25) is 0 Å². The van der Waals surface area contributed by atoms with Gasteiger partial charge in [0.1, 0.15) is 11.5 Å². The third-order valence-electron chi connectivity index (χ3n) is 6.71. The first-order chi connectivity index (χ1) is 20.1. The number of carbonyl (C=O) groups excluding carboxylic acids is 1. The molecule has 2 unspecified atom stereocenters. The molecule has 1 amide bonds. The van der Waals surface area contributed by atoms with Gasteiger partial charge in [-0.2, -0.15) is 18.3 Å². The van der Waals surface area contributed by atoms with Crippen molar-refractivity contribution in [2.24, 2.45) is 11.8 Å². The Morgan fingerprint density at radius 1 is 1.05 bits per heavy atom. The van der Waals surface area contributed by atoms with Gasteiger partial charge in [-0.1, -0.05) is 50.8 Å². The zero-order valence-corrected chi connectivity index (χ0v) is 24.3. The highest BCUT2D eigenvalue weighted by Gasteiger charge is 2.48. The Balaban J connectivity index is 0.000000190. The van der Waals surface area contributed by atoms with Crippen LogP contribution in [0.1, 0.15) is 48.8 Å². The first-order valence-corrected chi connectivity index (χ1v) is 13.9. The van der Waals surface area contributed by atoms with Crippen LogP contribution in [0.4, 0.5) is 17.6 Å². The van der Waals surface area contributed by atoms with Crippen LogP contribution in [0.2, 0.25) is 0 Å². The van der Waals surface area contributed by atoms with Crippen molar-refractivity contribution in [1.82, 2.24) is 19.7 Å². The minimum atomic E-state index is -4.54. The number of halogens is 4. The van der Waals surface area contributed by atoms with Crippen molar-refractivity contribution < 1.29 is 22.4 Å². The van der Waals surface area contributed by atoms with Gasteiger partial charge in [-0.25, -0.2) is 9.07 Å². The molecule has 2 aromatic heterocycles. The molecule has 4 aromatic rings. The van der Waals surface area contributed by atoms with Crippen molar-refractivity contribution in [1.29, 1.82) is 0 Å². The lowest BCUT2D eigenvalue weighted by Gasteiger charge is -2.19. The van der Waals surface area contributed by atoms with E-state index in [9.17, 15) is 22.4 Å². The summed E-state index contributed by atoms with van der Waals surface area (Å²) in [4.78, 5) is 17.1. The van der Waals surface area contributed by atoms with E-state index in [2.05, 4.69) is 28.8 Å². The molecule has 1 aliphatic heterocycles. The zero-order valence-electron chi connectivity index (χ0n) is 24.3. The van der Waals surface area contributed by atoms with Crippen molar-refractivity contribution in [2.45, 2.75) is 40.3 Å². The SMILES string of the molecule is C=C/C=C\C.CC.Cc1ccc2cnn(-c3ccc(F)cc3)c2c1.O=C(c1ncccc1C(F)(F)F)N1CC2CC2C1. The Bertz CT molecular complexity index is 1500. The maximum absolute atomic E-state index is 12.9. The molecule has 0 spiro atoms. The molecule has 0 radical (unpaired) electrons. The van der Waals surface area contributed by atoms with Gasteiger partial charge in [-0.15, -0.1) is 0 Å². The standard InChI is InChI=1S/C14H11FN2.C12H11F3N2O.C5H8.C2H6/c1-10-2-3-11-9-16-17(14(11)8-10)13-6-4-12(15)5-7-13;13-12(14,15)9-2-1-3-16-10(9)11(18)17-5-7-4-8(7)6-17;1-3-5-4-2;1-2/h2-9H,1H3;1-3,7-8H,4-6H2;3-5H,1H2,2H3;1-2H3/b;;5-4-;. The van der Waals surface area contributed by atoms with E-state index in [-0.39, 0.29) is 5.82 Å². The molecule has 0 bridgehead atoms. The molecule has 1 saturated heterocycles. The largest absolute Gasteiger partial charge is 0.418 e. The zero-order chi connectivity index (χ0) is 30.9. The molecular weight excluding hydrogens is 544 g/mol. The van der Waals surface area contributed by atoms with Gasteiger partial charge in [0, 0.05) is 24.7 Å². The average molecular weight is 581 g/mol. The third-order valence-corrected chi connectivity index (χ3v) is 6.71. The molecular formula is C33H36F4N4O. The molecule has 222 valence electrons. The Morgan fingerprint density at radius 3 is 2.29 bits per heavy atom. The number of fused-ring (bicyclic) bond motifs is 2. The average Bonchev–Trinajstić information content (AvgIpc) is 3.38. The number of hydrogen-bond donors (Lipinski definition) is 0. The van der Waals surface area contributed by atoms with Crippen LogP contribution in [0.5, 0.6) is 0 Å². The molecule has 2 fully saturated rings. The number of alkyl halides is 3. The van der Waals surface area contributed by atoms with Gasteiger partial charge >= 0.3 is 6.18 Å². The number of nitrogens with zero attached hydrogens (tertiary/aromatic N) is 4. The number of amides is 1. The molecule has 1 saturated carbocycles. The molecule has 1 aliphatic carbocycles. The summed E-state index contributed by atoms with van der Waals surface area (Å²) in [5.41, 5.74) is 1.66. The summed E-state index contributed by atoms with van der Waals surface area (Å²) in [7, 11) is 0. The molecule has 6 rings (SSSR count). The molecule has 42 heavy (non-hydrogen) atoms. The quantitative estimate of drug-likeness (QED) is 0.181. The van der Waals surface area contributed by atoms with Gasteiger partial charge in [-0.05, 0) is 80.1 Å². The number of aryl methyl sites for hydroxylation is 1. The number of benzene rings is 2. The summed E-state index contributed by atoms with van der Waals surface area (Å²) in [6.07, 6.45) is 5.17. The lowest BCUT2D eigenvalue weighted by molar-refractivity contribution is -0.138. The molecule has 3 heterocycles. The molecule has 2 aromatic carbocycles. The van der Waals surface area contributed by atoms with Gasteiger partial charge < -0.3 is 4.90 Å². The second kappa shape index (κ2) is 14.6. The van der Waals surface area contributed by atoms with Crippen molar-refractivity contribution >= 4 is 16.8 Å². The van der Waals surface area contributed by atoms with Crippen LogP contribution in [0.15, 0.2) is 91.8 Å². The van der Waals surface area contributed by atoms with E-state index < -0.39 is 23.3 Å². The van der Waals surface area contributed by atoms with E-state index in [1.807, 2.05) is 56.8 Å². The van der Waals surface area contributed by atoms with E-state index in [1.54, 1.807) is 18.2 Å². The number of pyridine rings is 1. The number of allylic oxidation sites excluding steroid dienone is 3. The van der Waals surface area contributed by atoms with Crippen LogP contribution in [0.25, 0.3) is 16.6 Å². The third kappa shape index (κ3) is 8.15. The van der Waals surface area contributed by atoms with Crippen molar-refractivity contribution in [2.75, 3.05) is 13.1 Å². The van der Waals surface area contributed by atoms with Crippen molar-refractivity contribution in [3.63, 3.8) is 0 Å². The van der Waals surface area contributed by atoms with Crippen molar-refractivity contribution in [3.8, 4) is 5.69 Å². The van der Waals surface area contributed by atoms with Crippen LogP contribution in [-0.4, -0.2) is 38.7 Å². The predicted molar refractivity (Wildman–Crippen MR) is 159 cm³/mol. The topological polar surface area (TPSA) is 51.0 Å². The second-order valence-electron chi connectivity index (χ2n) is 9.72. The van der Waals surface area contributed by atoms with E-state index in [0.29, 0.717) is 24.9 Å². The molecule has 2 atom stereocenters. The van der Waals surface area contributed by atoms with E-state index in [1.165, 1.54) is 34.9 Å². The number of hydrogen-bond acceptors (Lipinski definition) is 3. The smallest absolute Gasteiger partial charge is 0.337 e. The Kier molecular flexibility index (Phi) is 11.2. The summed E-state index contributed by atoms with van der Waals surface area (Å²) in [6, 6.07) is 14.6. The normalized spacial score (nSPS) is 16.8. The summed E-state index contributed by atoms with van der Waals surface area (Å²) in [5.74, 6) is 0.149. The highest BCUT2D eigenvalue weighted by Crippen LogP contribution is 2.45. The fourth-order valence-electron chi connectivity index (χ4n) is 4.57. The van der Waals surface area contributed by atoms with Gasteiger partial charge in [0.15, 0.2) is 0 Å². The Hall–Kier alpha value is -4.27. The van der Waals surface area contributed by atoms with Crippen molar-refractivity contribution in [3.05, 3.63) is 114 Å². The van der Waals surface area contributed by atoms with Gasteiger partial charge in [0.05, 0.1) is 23.0 Å². The maximum atomic E-state index is 12.9. The minimum Gasteiger partial charge on any atom is -0.337 e. The van der Waals surface area contributed by atoms with Crippen LogP contribution in [0, 0.1) is 24.6 Å². The Morgan fingerprint density at radius 2 is 1.71 bits per heavy atom. The first-order valence-electron chi connectivity index (χ1n) is 13.9. The predicted octanol–water partition coefficient (Wildman–Crippen LogP) is 8.44. The highest BCUT2D eigenvalue weighted by atomic mass is 19.4. The number of aromatic nitrogens is 3. The second-order valence-corrected chi connectivity index (χ2v) is 9.72. The molecule has 5 nitrogen and oxygen atoms in total. The minimum absolute atomic E-state index is 0.235. The van der Waals surface area contributed by atoms with Crippen LogP contribution < -0.4 is 0 Å². The monoisotopic (exact) mass is 580 g/mol. The summed E-state index contributed by atoms with van der Waals surface area (Å²) >= 11 is 0. The molecule has 0 N–H and O–H groups in total. The lowest BCUT2D eigenvalue weighted by atomic mass is 10.1. The van der Waals surface area contributed by atoms with Crippen LogP contribution in [-0.2, 0) is 6.18 Å². The van der Waals surface area contributed by atoms with E-state index in [4.69, 9.17) is 0 Å².